The van der Waals surface area contributed by atoms with E-state index in [9.17, 15) is 9.59 Å². The Morgan fingerprint density at radius 2 is 1.91 bits per heavy atom. The fourth-order valence-electron chi connectivity index (χ4n) is 8.80. The quantitative estimate of drug-likeness (QED) is 0.639. The van der Waals surface area contributed by atoms with Crippen LogP contribution in [0, 0.1) is 17.3 Å². The largest absolute Gasteiger partial charge is 0.483 e. The van der Waals surface area contributed by atoms with Crippen molar-refractivity contribution in [3.8, 4) is 5.75 Å². The Morgan fingerprint density at radius 1 is 1.12 bits per heavy atom. The molecule has 174 valence electrons. The number of nitrogens with one attached hydrogen (secondary N) is 2. The molecule has 5 fully saturated rings. The Morgan fingerprint density at radius 3 is 2.70 bits per heavy atom. The number of rotatable bonds is 0. The molecular weight excluding hydrogens is 414 g/mol. The summed E-state index contributed by atoms with van der Waals surface area (Å²) in [4.78, 5) is 30.0. The molecule has 0 aromatic heterocycles. The van der Waals surface area contributed by atoms with Gasteiger partial charge in [-0.05, 0) is 80.7 Å². The third kappa shape index (κ3) is 1.99. The van der Waals surface area contributed by atoms with Crippen LogP contribution in [0.4, 0.5) is 5.69 Å². The average Bonchev–Trinajstić information content (AvgIpc) is 3.28. The van der Waals surface area contributed by atoms with Crippen molar-refractivity contribution in [3.63, 3.8) is 0 Å². The molecule has 3 spiro atoms. The van der Waals surface area contributed by atoms with Gasteiger partial charge in [-0.3, -0.25) is 14.5 Å². The van der Waals surface area contributed by atoms with Gasteiger partial charge in [-0.2, -0.15) is 0 Å². The van der Waals surface area contributed by atoms with Crippen LogP contribution < -0.4 is 15.4 Å². The van der Waals surface area contributed by atoms with Crippen LogP contribution in [0.3, 0.4) is 0 Å². The maximum absolute atomic E-state index is 14.0. The van der Waals surface area contributed by atoms with Crippen molar-refractivity contribution in [1.82, 2.24) is 10.2 Å². The van der Waals surface area contributed by atoms with Crippen molar-refractivity contribution >= 4 is 23.6 Å². The first-order chi connectivity index (χ1) is 15.5. The number of carbonyl (C=O) groups is 2. The minimum Gasteiger partial charge on any atom is -0.483 e. The van der Waals surface area contributed by atoms with Crippen molar-refractivity contribution < 1.29 is 14.3 Å². The van der Waals surface area contributed by atoms with Crippen LogP contribution in [-0.2, 0) is 15.0 Å². The summed E-state index contributed by atoms with van der Waals surface area (Å²) in [6.45, 7) is 12.7. The highest BCUT2D eigenvalue weighted by Crippen LogP contribution is 2.70. The molecule has 2 amide bonds. The lowest BCUT2D eigenvalue weighted by molar-refractivity contribution is -0.160. The Kier molecular flexibility index (Phi) is 3.33. The minimum absolute atomic E-state index is 0.0707. The van der Waals surface area contributed by atoms with Crippen molar-refractivity contribution in [1.29, 1.82) is 0 Å². The monoisotopic (exact) mass is 447 g/mol. The number of fused-ring (bicyclic) bond motifs is 5. The van der Waals surface area contributed by atoms with Gasteiger partial charge in [0.05, 0.1) is 16.6 Å². The van der Waals surface area contributed by atoms with Gasteiger partial charge in [-0.1, -0.05) is 26.8 Å². The molecule has 6 heterocycles. The third-order valence-electron chi connectivity index (χ3n) is 10.5. The summed E-state index contributed by atoms with van der Waals surface area (Å²) in [6, 6.07) is 4.14. The van der Waals surface area contributed by atoms with E-state index in [1.165, 1.54) is 0 Å². The van der Waals surface area contributed by atoms with E-state index in [1.807, 2.05) is 19.9 Å². The van der Waals surface area contributed by atoms with Gasteiger partial charge in [-0.25, -0.2) is 0 Å². The SMILES string of the molecule is C[C@@H]1CCN2C[C@@]34C[C@@]5(C(=O)Nc6c5ccc5c6C=CC(C)(C)O5)C(C)(C)[C@@H]3C[C@]12C(=O)N4. The van der Waals surface area contributed by atoms with E-state index in [2.05, 4.69) is 54.5 Å². The molecule has 1 aromatic rings. The third-order valence-corrected chi connectivity index (χ3v) is 10.5. The lowest BCUT2D eigenvalue weighted by Crippen LogP contribution is -2.79. The standard InChI is InChI=1S/C27H33N3O3/c1-15-9-11-30-14-25-13-26(24(4,5)19(25)12-27(15,30)22(32)29-25)17-6-7-18-16(20(17)28-21(26)31)8-10-23(2,3)33-18/h6-8,10,15,19H,9,11-14H2,1-5H3,(H,28,31)(H,29,32)/t15-,19+,25+,26-,27-/m1/s1. The van der Waals surface area contributed by atoms with Crippen LogP contribution in [0.1, 0.15) is 65.0 Å². The molecule has 7 aliphatic rings. The first-order valence-corrected chi connectivity index (χ1v) is 12.4. The predicted octanol–water partition coefficient (Wildman–Crippen LogP) is 3.46. The summed E-state index contributed by atoms with van der Waals surface area (Å²) in [5.74, 6) is 1.66. The van der Waals surface area contributed by atoms with Gasteiger partial charge in [0.25, 0.3) is 0 Å². The van der Waals surface area contributed by atoms with Crippen LogP contribution in [0.2, 0.25) is 0 Å². The lowest BCUT2D eigenvalue weighted by atomic mass is 9.56. The molecule has 1 aliphatic carbocycles. The van der Waals surface area contributed by atoms with Gasteiger partial charge in [-0.15, -0.1) is 0 Å². The number of hydrogen-bond acceptors (Lipinski definition) is 4. The summed E-state index contributed by atoms with van der Waals surface area (Å²) in [7, 11) is 0. The zero-order chi connectivity index (χ0) is 23.2. The Balaban J connectivity index is 1.40. The molecule has 0 unspecified atom stereocenters. The maximum atomic E-state index is 14.0. The number of benzene rings is 1. The van der Waals surface area contributed by atoms with Crippen LogP contribution in [0.25, 0.3) is 6.08 Å². The molecule has 4 saturated heterocycles. The van der Waals surface area contributed by atoms with Gasteiger partial charge in [0, 0.05) is 12.1 Å². The lowest BCUT2D eigenvalue weighted by Gasteiger charge is -2.61. The van der Waals surface area contributed by atoms with Gasteiger partial charge in [0.2, 0.25) is 11.8 Å². The number of anilines is 1. The predicted molar refractivity (Wildman–Crippen MR) is 126 cm³/mol. The minimum atomic E-state index is -0.676. The van der Waals surface area contributed by atoms with Gasteiger partial charge in [0.15, 0.2) is 0 Å². The molecule has 1 aromatic carbocycles. The zero-order valence-corrected chi connectivity index (χ0v) is 20.2. The Bertz CT molecular complexity index is 1190. The molecule has 0 radical (unpaired) electrons. The highest BCUT2D eigenvalue weighted by atomic mass is 16.5. The van der Waals surface area contributed by atoms with E-state index < -0.39 is 11.0 Å². The van der Waals surface area contributed by atoms with Crippen LogP contribution in [-0.4, -0.2) is 46.5 Å². The van der Waals surface area contributed by atoms with Crippen LogP contribution in [0.15, 0.2) is 18.2 Å². The second-order valence-electron chi connectivity index (χ2n) is 12.6. The number of amides is 2. The second kappa shape index (κ2) is 5.48. The first-order valence-electron chi connectivity index (χ1n) is 12.4. The van der Waals surface area contributed by atoms with E-state index in [0.29, 0.717) is 12.3 Å². The van der Waals surface area contributed by atoms with Crippen molar-refractivity contribution in [3.05, 3.63) is 29.3 Å². The molecule has 33 heavy (non-hydrogen) atoms. The normalized spacial score (nSPS) is 42.9. The number of ether oxygens (including phenoxy) is 1. The number of hydrogen-bond donors (Lipinski definition) is 2. The summed E-state index contributed by atoms with van der Waals surface area (Å²) < 4.78 is 6.20. The highest BCUT2D eigenvalue weighted by molar-refractivity contribution is 6.10. The number of piperazine rings is 1. The summed E-state index contributed by atoms with van der Waals surface area (Å²) >= 11 is 0. The molecule has 6 nitrogen and oxygen atoms in total. The van der Waals surface area contributed by atoms with E-state index >= 15 is 0 Å². The highest BCUT2D eigenvalue weighted by Gasteiger charge is 2.78. The van der Waals surface area contributed by atoms with Crippen molar-refractivity contribution in [2.75, 3.05) is 18.4 Å². The first kappa shape index (κ1) is 20.1. The van der Waals surface area contributed by atoms with E-state index in [-0.39, 0.29) is 34.3 Å². The van der Waals surface area contributed by atoms with Gasteiger partial charge >= 0.3 is 0 Å². The summed E-state index contributed by atoms with van der Waals surface area (Å²) in [6.07, 6.45) is 6.72. The fourth-order valence-corrected chi connectivity index (χ4v) is 8.80. The molecule has 5 atom stereocenters. The molecule has 1 saturated carbocycles. The Hall–Kier alpha value is -2.34. The molecule has 8 rings (SSSR count). The van der Waals surface area contributed by atoms with Crippen molar-refractivity contribution in [2.45, 2.75) is 76.0 Å². The number of piperidine rings is 2. The van der Waals surface area contributed by atoms with Crippen molar-refractivity contribution in [2.24, 2.45) is 17.3 Å². The van der Waals surface area contributed by atoms with Crippen LogP contribution >= 0.6 is 0 Å². The molecule has 6 aliphatic heterocycles. The van der Waals surface area contributed by atoms with Gasteiger partial charge in [0.1, 0.15) is 16.9 Å². The maximum Gasteiger partial charge on any atom is 0.241 e. The van der Waals surface area contributed by atoms with Gasteiger partial charge < -0.3 is 15.4 Å². The Labute approximate surface area is 195 Å². The molecule has 6 heteroatoms. The van der Waals surface area contributed by atoms with E-state index in [4.69, 9.17) is 4.74 Å². The topological polar surface area (TPSA) is 70.7 Å². The molecular formula is C27H33N3O3. The molecule has 2 bridgehead atoms. The summed E-state index contributed by atoms with van der Waals surface area (Å²) in [5, 5.41) is 6.79. The second-order valence-corrected chi connectivity index (χ2v) is 12.6. The number of nitrogens with zero attached hydrogens (tertiary/aromatic N) is 1. The summed E-state index contributed by atoms with van der Waals surface area (Å²) in [5.41, 5.74) is 0.793. The smallest absolute Gasteiger partial charge is 0.241 e. The fraction of sp³-hybridized carbons (Fsp3) is 0.630. The van der Waals surface area contributed by atoms with Crippen LogP contribution in [0.5, 0.6) is 5.75 Å². The van der Waals surface area contributed by atoms with E-state index in [0.717, 1.165) is 48.5 Å². The average molecular weight is 448 g/mol. The molecule has 2 N–H and O–H groups in total. The van der Waals surface area contributed by atoms with E-state index in [1.54, 1.807) is 0 Å². The number of carbonyl (C=O) groups excluding carboxylic acids is 2. The zero-order valence-electron chi connectivity index (χ0n) is 20.2.